The zero-order valence-corrected chi connectivity index (χ0v) is 11.3. The molecular weight excluding hydrogens is 238 g/mol. The van der Waals surface area contributed by atoms with Crippen LogP contribution in [0.15, 0.2) is 0 Å². The molecule has 17 heavy (non-hydrogen) atoms. The molecule has 1 aliphatic heterocycles. The zero-order chi connectivity index (χ0) is 12.3. The van der Waals surface area contributed by atoms with Crippen LogP contribution in [0.4, 0.5) is 0 Å². The molecule has 1 atom stereocenters. The van der Waals surface area contributed by atoms with Gasteiger partial charge in [-0.25, -0.2) is 0 Å². The fourth-order valence-electron chi connectivity index (χ4n) is 2.22. The van der Waals surface area contributed by atoms with Crippen LogP contribution in [0.3, 0.4) is 0 Å². The minimum absolute atomic E-state index is 0.568. The van der Waals surface area contributed by atoms with Gasteiger partial charge in [0.1, 0.15) is 5.15 Å². The Hall–Kier alpha value is -0.580. The Bertz CT molecular complexity index is 372. The first kappa shape index (κ1) is 12.9. The number of halogens is 1. The lowest BCUT2D eigenvalue weighted by Crippen LogP contribution is -2.10. The van der Waals surface area contributed by atoms with Gasteiger partial charge >= 0.3 is 0 Å². The molecule has 2 rings (SSSR count). The second kappa shape index (κ2) is 5.85. The van der Waals surface area contributed by atoms with Gasteiger partial charge < -0.3 is 10.1 Å². The highest BCUT2D eigenvalue weighted by atomic mass is 35.5. The Morgan fingerprint density at radius 1 is 1.59 bits per heavy atom. The Balaban J connectivity index is 1.74. The summed E-state index contributed by atoms with van der Waals surface area (Å²) in [5.41, 5.74) is 1.97. The molecule has 1 unspecified atom stereocenters. The van der Waals surface area contributed by atoms with Crippen molar-refractivity contribution in [2.24, 2.45) is 13.0 Å². The fraction of sp³-hybridized carbons (Fsp3) is 0.750. The van der Waals surface area contributed by atoms with Gasteiger partial charge in [-0.3, -0.25) is 4.68 Å². The van der Waals surface area contributed by atoms with Crippen molar-refractivity contribution in [2.75, 3.05) is 19.7 Å². The van der Waals surface area contributed by atoms with E-state index in [1.807, 2.05) is 14.0 Å². The highest BCUT2D eigenvalue weighted by molar-refractivity contribution is 6.30. The molecule has 1 aliphatic rings. The van der Waals surface area contributed by atoms with Gasteiger partial charge in [-0.05, 0) is 38.8 Å². The first-order chi connectivity index (χ1) is 8.18. The van der Waals surface area contributed by atoms with E-state index in [4.69, 9.17) is 16.3 Å². The third-order valence-corrected chi connectivity index (χ3v) is 3.82. The van der Waals surface area contributed by atoms with Crippen LogP contribution < -0.4 is 5.32 Å². The molecule has 1 saturated heterocycles. The van der Waals surface area contributed by atoms with Crippen molar-refractivity contribution in [1.29, 1.82) is 0 Å². The number of hydrogen-bond donors (Lipinski definition) is 1. The molecule has 1 fully saturated rings. The third-order valence-electron chi connectivity index (χ3n) is 3.35. The van der Waals surface area contributed by atoms with Gasteiger partial charge in [-0.15, -0.1) is 0 Å². The van der Waals surface area contributed by atoms with Gasteiger partial charge in [-0.1, -0.05) is 11.6 Å². The molecule has 2 heterocycles. The number of aryl methyl sites for hydroxylation is 2. The number of hydrogen-bond acceptors (Lipinski definition) is 3. The van der Waals surface area contributed by atoms with Gasteiger partial charge in [0.2, 0.25) is 0 Å². The van der Waals surface area contributed by atoms with Crippen LogP contribution in [-0.4, -0.2) is 29.5 Å². The van der Waals surface area contributed by atoms with Gasteiger partial charge in [0.15, 0.2) is 0 Å². The molecule has 0 amide bonds. The van der Waals surface area contributed by atoms with Crippen molar-refractivity contribution >= 4 is 11.6 Å². The van der Waals surface area contributed by atoms with E-state index >= 15 is 0 Å². The molecule has 96 valence electrons. The number of nitrogens with zero attached hydrogens (tertiary/aromatic N) is 2. The van der Waals surface area contributed by atoms with Crippen LogP contribution in [-0.2, 0) is 18.4 Å². The Labute approximate surface area is 107 Å². The first-order valence-electron chi connectivity index (χ1n) is 6.15. The summed E-state index contributed by atoms with van der Waals surface area (Å²) in [5.74, 6) is 0.778. The monoisotopic (exact) mass is 257 g/mol. The average Bonchev–Trinajstić information content (AvgIpc) is 2.87. The molecule has 0 aromatic carbocycles. The van der Waals surface area contributed by atoms with Crippen LogP contribution >= 0.6 is 11.6 Å². The number of ether oxygens (including phenoxy) is 1. The highest BCUT2D eigenvalue weighted by Crippen LogP contribution is 2.20. The van der Waals surface area contributed by atoms with Gasteiger partial charge in [0.25, 0.3) is 0 Å². The molecule has 0 saturated carbocycles. The van der Waals surface area contributed by atoms with Crippen LogP contribution in [0.25, 0.3) is 0 Å². The van der Waals surface area contributed by atoms with Crippen molar-refractivity contribution < 1.29 is 4.74 Å². The van der Waals surface area contributed by atoms with E-state index in [-0.39, 0.29) is 0 Å². The summed E-state index contributed by atoms with van der Waals surface area (Å²) in [7, 11) is 1.85. The van der Waals surface area contributed by atoms with E-state index in [0.717, 1.165) is 43.3 Å². The largest absolute Gasteiger partial charge is 0.377 e. The lowest BCUT2D eigenvalue weighted by atomic mass is 10.1. The Kier molecular flexibility index (Phi) is 4.42. The zero-order valence-electron chi connectivity index (χ0n) is 10.5. The maximum atomic E-state index is 6.13. The summed E-state index contributed by atoms with van der Waals surface area (Å²) in [6, 6.07) is 0. The molecule has 1 aromatic rings. The second-order valence-corrected chi connectivity index (χ2v) is 5.04. The predicted octanol–water partition coefficient (Wildman–Crippen LogP) is 1.90. The maximum absolute atomic E-state index is 6.13. The summed E-state index contributed by atoms with van der Waals surface area (Å²) in [6.07, 6.45) is 2.40. The molecule has 1 N–H and O–H groups in total. The second-order valence-electron chi connectivity index (χ2n) is 4.68. The average molecular weight is 258 g/mol. The standard InChI is InChI=1S/C12H20ClN3O/c1-9-11(12(13)16(2)15-9)8-17-6-4-10-3-5-14-7-10/h10,14H,3-8H2,1-2H3. The minimum atomic E-state index is 0.568. The third kappa shape index (κ3) is 3.21. The molecule has 4 nitrogen and oxygen atoms in total. The molecule has 0 bridgehead atoms. The normalized spacial score (nSPS) is 20.1. The van der Waals surface area contributed by atoms with Crippen molar-refractivity contribution in [1.82, 2.24) is 15.1 Å². The fourth-order valence-corrected chi connectivity index (χ4v) is 2.45. The van der Waals surface area contributed by atoms with E-state index in [1.54, 1.807) is 4.68 Å². The SMILES string of the molecule is Cc1nn(C)c(Cl)c1COCCC1CCNC1. The minimum Gasteiger partial charge on any atom is -0.377 e. The lowest BCUT2D eigenvalue weighted by molar-refractivity contribution is 0.109. The van der Waals surface area contributed by atoms with E-state index in [9.17, 15) is 0 Å². The Morgan fingerprint density at radius 2 is 2.41 bits per heavy atom. The topological polar surface area (TPSA) is 39.1 Å². The van der Waals surface area contributed by atoms with Crippen molar-refractivity contribution in [3.05, 3.63) is 16.4 Å². The van der Waals surface area contributed by atoms with Gasteiger partial charge in [0, 0.05) is 19.2 Å². The van der Waals surface area contributed by atoms with Crippen molar-refractivity contribution in [3.8, 4) is 0 Å². The summed E-state index contributed by atoms with van der Waals surface area (Å²) >= 11 is 6.13. The lowest BCUT2D eigenvalue weighted by Gasteiger charge is -2.08. The van der Waals surface area contributed by atoms with Gasteiger partial charge in [-0.2, -0.15) is 5.10 Å². The summed E-state index contributed by atoms with van der Waals surface area (Å²) < 4.78 is 7.38. The molecule has 1 aromatic heterocycles. The van der Waals surface area contributed by atoms with Crippen LogP contribution in [0.5, 0.6) is 0 Å². The number of rotatable bonds is 5. The van der Waals surface area contributed by atoms with E-state index in [1.165, 1.54) is 6.42 Å². The Morgan fingerprint density at radius 3 is 3.00 bits per heavy atom. The van der Waals surface area contributed by atoms with E-state index in [0.29, 0.717) is 11.8 Å². The van der Waals surface area contributed by atoms with Crippen LogP contribution in [0.1, 0.15) is 24.1 Å². The molecule has 5 heteroatoms. The smallest absolute Gasteiger partial charge is 0.132 e. The van der Waals surface area contributed by atoms with Crippen LogP contribution in [0.2, 0.25) is 5.15 Å². The maximum Gasteiger partial charge on any atom is 0.132 e. The van der Waals surface area contributed by atoms with Gasteiger partial charge in [0.05, 0.1) is 12.3 Å². The summed E-state index contributed by atoms with van der Waals surface area (Å²) in [5, 5.41) is 8.31. The van der Waals surface area contributed by atoms with Crippen molar-refractivity contribution in [3.63, 3.8) is 0 Å². The molecule has 0 aliphatic carbocycles. The van der Waals surface area contributed by atoms with E-state index in [2.05, 4.69) is 10.4 Å². The summed E-state index contributed by atoms with van der Waals surface area (Å²) in [4.78, 5) is 0. The number of aromatic nitrogens is 2. The number of nitrogens with one attached hydrogen (secondary N) is 1. The molecular formula is C12H20ClN3O. The first-order valence-corrected chi connectivity index (χ1v) is 6.52. The summed E-state index contributed by atoms with van der Waals surface area (Å²) in [6.45, 7) is 5.62. The quantitative estimate of drug-likeness (QED) is 0.819. The van der Waals surface area contributed by atoms with E-state index < -0.39 is 0 Å². The highest BCUT2D eigenvalue weighted by Gasteiger charge is 2.15. The molecule has 0 spiro atoms. The van der Waals surface area contributed by atoms with Crippen LogP contribution in [0, 0.1) is 12.8 Å². The predicted molar refractivity (Wildman–Crippen MR) is 68.2 cm³/mol. The molecule has 0 radical (unpaired) electrons. The van der Waals surface area contributed by atoms with Crippen molar-refractivity contribution in [2.45, 2.75) is 26.4 Å².